The smallest absolute Gasteiger partial charge is 0.211 e. The first-order chi connectivity index (χ1) is 10.8. The summed E-state index contributed by atoms with van der Waals surface area (Å²) in [6.45, 7) is 5.37. The Labute approximate surface area is 147 Å². The van der Waals surface area contributed by atoms with Gasteiger partial charge >= 0.3 is 0 Å². The van der Waals surface area contributed by atoms with Crippen molar-refractivity contribution in [3.05, 3.63) is 21.9 Å². The largest absolute Gasteiger partial charge is 0.357 e. The van der Waals surface area contributed by atoms with Gasteiger partial charge in [-0.1, -0.05) is 23.2 Å². The standard InChI is InChI=1S/C13H23Cl2N5O2S/c1-4-16-13(17-6-7-19-23(21,22)5-2)18-9-10-8-11(14)12(15)20(10)3/h8,19H,4-7,9H2,1-3H3,(H2,16,17,18). The molecule has 1 aromatic heterocycles. The van der Waals surface area contributed by atoms with Crippen LogP contribution in [0, 0.1) is 0 Å². The lowest BCUT2D eigenvalue weighted by atomic mass is 10.4. The van der Waals surface area contributed by atoms with Crippen molar-refractivity contribution >= 4 is 39.2 Å². The first-order valence-corrected chi connectivity index (χ1v) is 9.70. The minimum Gasteiger partial charge on any atom is -0.357 e. The Hall–Kier alpha value is -0.960. The van der Waals surface area contributed by atoms with Crippen LogP contribution in [0.15, 0.2) is 11.1 Å². The number of hydrogen-bond acceptors (Lipinski definition) is 3. The van der Waals surface area contributed by atoms with Crippen LogP contribution in [-0.4, -0.2) is 44.3 Å². The zero-order valence-corrected chi connectivity index (χ0v) is 15.8. The van der Waals surface area contributed by atoms with E-state index in [1.807, 2.05) is 14.0 Å². The van der Waals surface area contributed by atoms with Crippen LogP contribution in [0.1, 0.15) is 19.5 Å². The van der Waals surface area contributed by atoms with Crippen LogP contribution in [-0.2, 0) is 23.6 Å². The van der Waals surface area contributed by atoms with E-state index in [9.17, 15) is 8.42 Å². The Morgan fingerprint density at radius 3 is 2.48 bits per heavy atom. The molecule has 0 aliphatic carbocycles. The number of aromatic nitrogens is 1. The Balaban J connectivity index is 2.58. The third-order valence-electron chi connectivity index (χ3n) is 3.08. The molecular weight excluding hydrogens is 361 g/mol. The predicted molar refractivity (Wildman–Crippen MR) is 95.7 cm³/mol. The highest BCUT2D eigenvalue weighted by Gasteiger charge is 2.09. The molecule has 0 amide bonds. The van der Waals surface area contributed by atoms with Crippen molar-refractivity contribution in [2.75, 3.05) is 25.4 Å². The number of halogens is 2. The maximum Gasteiger partial charge on any atom is 0.211 e. The molecule has 0 aromatic carbocycles. The van der Waals surface area contributed by atoms with Gasteiger partial charge in [-0.25, -0.2) is 18.1 Å². The van der Waals surface area contributed by atoms with Crippen molar-refractivity contribution < 1.29 is 8.42 Å². The van der Waals surface area contributed by atoms with E-state index < -0.39 is 10.0 Å². The molecule has 0 aliphatic rings. The van der Waals surface area contributed by atoms with Gasteiger partial charge in [-0.05, 0) is 19.9 Å². The van der Waals surface area contributed by atoms with E-state index in [1.165, 1.54) is 0 Å². The third kappa shape index (κ3) is 6.58. The molecular formula is C13H23Cl2N5O2S. The Morgan fingerprint density at radius 2 is 1.96 bits per heavy atom. The molecule has 3 N–H and O–H groups in total. The topological polar surface area (TPSA) is 87.5 Å². The fraction of sp³-hybridized carbons (Fsp3) is 0.615. The first kappa shape index (κ1) is 20.1. The Morgan fingerprint density at radius 1 is 1.26 bits per heavy atom. The normalized spacial score (nSPS) is 12.5. The molecule has 0 aliphatic heterocycles. The summed E-state index contributed by atoms with van der Waals surface area (Å²) >= 11 is 12.0. The molecule has 23 heavy (non-hydrogen) atoms. The van der Waals surface area contributed by atoms with Crippen LogP contribution in [0.4, 0.5) is 0 Å². The average molecular weight is 384 g/mol. The van der Waals surface area contributed by atoms with Crippen LogP contribution >= 0.6 is 23.2 Å². The third-order valence-corrected chi connectivity index (χ3v) is 5.32. The lowest BCUT2D eigenvalue weighted by Crippen LogP contribution is -2.41. The van der Waals surface area contributed by atoms with Crippen molar-refractivity contribution in [3.63, 3.8) is 0 Å². The SMILES string of the molecule is CCNC(=NCc1cc(Cl)c(Cl)n1C)NCCNS(=O)(=O)CC. The van der Waals surface area contributed by atoms with Crippen LogP contribution in [0.25, 0.3) is 0 Å². The Bertz CT molecular complexity index is 643. The zero-order chi connectivity index (χ0) is 17.5. The molecule has 132 valence electrons. The molecule has 1 heterocycles. The van der Waals surface area contributed by atoms with Gasteiger partial charge in [-0.2, -0.15) is 0 Å². The molecule has 0 unspecified atom stereocenters. The van der Waals surface area contributed by atoms with E-state index in [4.69, 9.17) is 23.2 Å². The van der Waals surface area contributed by atoms with Crippen LogP contribution in [0.2, 0.25) is 10.2 Å². The van der Waals surface area contributed by atoms with Crippen LogP contribution in [0.3, 0.4) is 0 Å². The molecule has 0 radical (unpaired) electrons. The van der Waals surface area contributed by atoms with Crippen molar-refractivity contribution in [1.82, 2.24) is 19.9 Å². The number of hydrogen-bond donors (Lipinski definition) is 3. The number of nitrogens with one attached hydrogen (secondary N) is 3. The Kier molecular flexibility index (Phi) is 8.18. The quantitative estimate of drug-likeness (QED) is 0.359. The van der Waals surface area contributed by atoms with E-state index in [2.05, 4.69) is 20.3 Å². The fourth-order valence-corrected chi connectivity index (χ4v) is 2.76. The highest BCUT2D eigenvalue weighted by Crippen LogP contribution is 2.25. The lowest BCUT2D eigenvalue weighted by Gasteiger charge is -2.12. The minimum absolute atomic E-state index is 0.0656. The summed E-state index contributed by atoms with van der Waals surface area (Å²) in [5.41, 5.74) is 0.879. The second-order valence-electron chi connectivity index (χ2n) is 4.75. The van der Waals surface area contributed by atoms with E-state index in [0.29, 0.717) is 42.3 Å². The summed E-state index contributed by atoms with van der Waals surface area (Å²) in [6.07, 6.45) is 0. The average Bonchev–Trinajstić information content (AvgIpc) is 2.76. The molecule has 0 atom stereocenters. The van der Waals surface area contributed by atoms with Gasteiger partial charge in [-0.15, -0.1) is 0 Å². The van der Waals surface area contributed by atoms with Gasteiger partial charge in [0.2, 0.25) is 10.0 Å². The van der Waals surface area contributed by atoms with Gasteiger partial charge in [0.25, 0.3) is 0 Å². The van der Waals surface area contributed by atoms with E-state index in [-0.39, 0.29) is 5.75 Å². The molecule has 0 bridgehead atoms. The molecule has 0 saturated heterocycles. The maximum atomic E-state index is 11.3. The van der Waals surface area contributed by atoms with Crippen molar-refractivity contribution in [2.45, 2.75) is 20.4 Å². The lowest BCUT2D eigenvalue weighted by molar-refractivity contribution is 0.582. The minimum atomic E-state index is -3.18. The summed E-state index contributed by atoms with van der Waals surface area (Å²) in [6, 6.07) is 1.77. The van der Waals surface area contributed by atoms with Crippen LogP contribution in [0.5, 0.6) is 0 Å². The van der Waals surface area contributed by atoms with E-state index in [0.717, 1.165) is 5.69 Å². The number of aliphatic imine (C=N–C) groups is 1. The molecule has 7 nitrogen and oxygen atoms in total. The maximum absolute atomic E-state index is 11.3. The first-order valence-electron chi connectivity index (χ1n) is 7.29. The monoisotopic (exact) mass is 383 g/mol. The highest BCUT2D eigenvalue weighted by atomic mass is 35.5. The number of rotatable bonds is 8. The van der Waals surface area contributed by atoms with Gasteiger partial charge < -0.3 is 15.2 Å². The van der Waals surface area contributed by atoms with Crippen molar-refractivity contribution in [3.8, 4) is 0 Å². The molecule has 0 saturated carbocycles. The number of guanidine groups is 1. The van der Waals surface area contributed by atoms with Crippen molar-refractivity contribution in [1.29, 1.82) is 0 Å². The molecule has 1 rings (SSSR count). The number of nitrogens with zero attached hydrogens (tertiary/aromatic N) is 2. The summed E-state index contributed by atoms with van der Waals surface area (Å²) in [5, 5.41) is 7.12. The van der Waals surface area contributed by atoms with Gasteiger partial charge in [-0.3, -0.25) is 0 Å². The highest BCUT2D eigenvalue weighted by molar-refractivity contribution is 7.89. The number of sulfonamides is 1. The summed E-state index contributed by atoms with van der Waals surface area (Å²) in [5.74, 6) is 0.660. The second-order valence-corrected chi connectivity index (χ2v) is 7.61. The van der Waals surface area contributed by atoms with Gasteiger partial charge in [0.05, 0.1) is 17.3 Å². The molecule has 10 heteroatoms. The van der Waals surface area contributed by atoms with Gasteiger partial charge in [0.15, 0.2) is 5.96 Å². The summed E-state index contributed by atoms with van der Waals surface area (Å²) in [4.78, 5) is 4.43. The van der Waals surface area contributed by atoms with Crippen molar-refractivity contribution in [2.24, 2.45) is 12.0 Å². The molecule has 0 spiro atoms. The molecule has 1 aromatic rings. The van der Waals surface area contributed by atoms with E-state index >= 15 is 0 Å². The second kappa shape index (κ2) is 9.36. The molecule has 0 fully saturated rings. The predicted octanol–water partition coefficient (Wildman–Crippen LogP) is 1.33. The van der Waals surface area contributed by atoms with E-state index in [1.54, 1.807) is 17.6 Å². The van der Waals surface area contributed by atoms with Gasteiger partial charge in [0, 0.05) is 32.4 Å². The fourth-order valence-electron chi connectivity index (χ4n) is 1.73. The van der Waals surface area contributed by atoms with Crippen LogP contribution < -0.4 is 15.4 Å². The summed E-state index contributed by atoms with van der Waals surface area (Å²) < 4.78 is 26.9. The summed E-state index contributed by atoms with van der Waals surface area (Å²) in [7, 11) is -1.36. The zero-order valence-electron chi connectivity index (χ0n) is 13.5. The van der Waals surface area contributed by atoms with Gasteiger partial charge in [0.1, 0.15) is 5.15 Å².